The first kappa shape index (κ1) is 13.0. The summed E-state index contributed by atoms with van der Waals surface area (Å²) in [5.41, 5.74) is 2.63. The molecule has 2 rings (SSSR count). The first-order valence-corrected chi connectivity index (χ1v) is 6.16. The number of benzene rings is 1. The Hall–Kier alpha value is -2.42. The Kier molecular flexibility index (Phi) is 4.45. The van der Waals surface area contributed by atoms with Crippen LogP contribution >= 0.6 is 0 Å². The van der Waals surface area contributed by atoms with Gasteiger partial charge in [0.1, 0.15) is 0 Å². The molecule has 19 heavy (non-hydrogen) atoms. The molecular formula is C16H16N2O. The predicted octanol–water partition coefficient (Wildman–Crippen LogP) is 2.96. The highest BCUT2D eigenvalue weighted by Gasteiger charge is 2.01. The quantitative estimate of drug-likeness (QED) is 0.657. The van der Waals surface area contributed by atoms with Crippen molar-refractivity contribution >= 4 is 5.78 Å². The van der Waals surface area contributed by atoms with Crippen LogP contribution in [-0.2, 0) is 6.54 Å². The lowest BCUT2D eigenvalue weighted by atomic mass is 10.1. The van der Waals surface area contributed by atoms with Crippen LogP contribution in [0.4, 0.5) is 0 Å². The van der Waals surface area contributed by atoms with Gasteiger partial charge in [-0.25, -0.2) is 0 Å². The van der Waals surface area contributed by atoms with E-state index in [9.17, 15) is 4.79 Å². The summed E-state index contributed by atoms with van der Waals surface area (Å²) in [7, 11) is 0. The Morgan fingerprint density at radius 1 is 1.21 bits per heavy atom. The summed E-state index contributed by atoms with van der Waals surface area (Å²) in [5, 5.41) is 3.20. The number of hydrogen-bond acceptors (Lipinski definition) is 3. The third kappa shape index (κ3) is 4.07. The number of nitrogens with zero attached hydrogens (tertiary/aromatic N) is 1. The SMILES string of the molecule is C/C(=C/C(=O)c1ccccc1)NCc1cccnc1. The van der Waals surface area contributed by atoms with E-state index in [1.165, 1.54) is 0 Å². The number of ketones is 1. The molecule has 1 N–H and O–H groups in total. The normalized spacial score (nSPS) is 11.1. The first-order valence-electron chi connectivity index (χ1n) is 6.16. The molecule has 0 unspecified atom stereocenters. The maximum Gasteiger partial charge on any atom is 0.187 e. The van der Waals surface area contributed by atoms with Crippen LogP contribution < -0.4 is 5.32 Å². The number of hydrogen-bond donors (Lipinski definition) is 1. The topological polar surface area (TPSA) is 42.0 Å². The smallest absolute Gasteiger partial charge is 0.187 e. The molecule has 1 aromatic heterocycles. The summed E-state index contributed by atoms with van der Waals surface area (Å²) < 4.78 is 0. The molecule has 0 spiro atoms. The Labute approximate surface area is 113 Å². The van der Waals surface area contributed by atoms with Gasteiger partial charge in [-0.3, -0.25) is 9.78 Å². The standard InChI is InChI=1S/C16H16N2O/c1-13(18-12-14-6-5-9-17-11-14)10-16(19)15-7-3-2-4-8-15/h2-11,18H,12H2,1H3/b13-10-. The zero-order valence-electron chi connectivity index (χ0n) is 10.8. The van der Waals surface area contributed by atoms with E-state index in [4.69, 9.17) is 0 Å². The van der Waals surface area contributed by atoms with Crippen molar-refractivity contribution in [2.75, 3.05) is 0 Å². The lowest BCUT2D eigenvalue weighted by Crippen LogP contribution is -2.12. The van der Waals surface area contributed by atoms with Crippen molar-refractivity contribution in [3.8, 4) is 0 Å². The molecular weight excluding hydrogens is 236 g/mol. The first-order chi connectivity index (χ1) is 9.25. The molecule has 0 saturated carbocycles. The number of rotatable bonds is 5. The van der Waals surface area contributed by atoms with E-state index in [-0.39, 0.29) is 5.78 Å². The fourth-order valence-electron chi connectivity index (χ4n) is 1.68. The molecule has 0 amide bonds. The highest BCUT2D eigenvalue weighted by molar-refractivity contribution is 6.04. The molecule has 0 saturated heterocycles. The van der Waals surface area contributed by atoms with Crippen LogP contribution in [0.1, 0.15) is 22.8 Å². The minimum Gasteiger partial charge on any atom is -0.384 e. The summed E-state index contributed by atoms with van der Waals surface area (Å²) in [6.07, 6.45) is 5.16. The molecule has 0 aliphatic rings. The molecule has 3 nitrogen and oxygen atoms in total. The summed E-state index contributed by atoms with van der Waals surface area (Å²) in [6.45, 7) is 2.55. The number of aromatic nitrogens is 1. The van der Waals surface area contributed by atoms with Crippen LogP contribution in [0.3, 0.4) is 0 Å². The van der Waals surface area contributed by atoms with Crippen molar-refractivity contribution in [2.45, 2.75) is 13.5 Å². The Morgan fingerprint density at radius 3 is 2.68 bits per heavy atom. The number of carbonyl (C=O) groups is 1. The van der Waals surface area contributed by atoms with E-state index >= 15 is 0 Å². The van der Waals surface area contributed by atoms with Crippen LogP contribution in [-0.4, -0.2) is 10.8 Å². The maximum atomic E-state index is 11.9. The van der Waals surface area contributed by atoms with Gasteiger partial charge in [0.15, 0.2) is 5.78 Å². The van der Waals surface area contributed by atoms with Gasteiger partial charge < -0.3 is 5.32 Å². The molecule has 2 aromatic rings. The molecule has 0 fully saturated rings. The molecule has 96 valence electrons. The molecule has 0 atom stereocenters. The van der Waals surface area contributed by atoms with Crippen LogP contribution in [0.25, 0.3) is 0 Å². The maximum absolute atomic E-state index is 11.9. The third-order valence-electron chi connectivity index (χ3n) is 2.70. The van der Waals surface area contributed by atoms with E-state index in [1.807, 2.05) is 49.4 Å². The Morgan fingerprint density at radius 2 is 2.00 bits per heavy atom. The zero-order chi connectivity index (χ0) is 13.5. The lowest BCUT2D eigenvalue weighted by Gasteiger charge is -2.06. The van der Waals surface area contributed by atoms with Crippen LogP contribution in [0.15, 0.2) is 66.6 Å². The number of allylic oxidation sites excluding steroid dienone is 2. The fourth-order valence-corrected chi connectivity index (χ4v) is 1.68. The zero-order valence-corrected chi connectivity index (χ0v) is 10.8. The molecule has 0 aliphatic heterocycles. The van der Waals surface area contributed by atoms with Crippen molar-refractivity contribution < 1.29 is 4.79 Å². The summed E-state index contributed by atoms with van der Waals surface area (Å²) in [6, 6.07) is 13.1. The van der Waals surface area contributed by atoms with Gasteiger partial charge in [0, 0.05) is 36.3 Å². The highest BCUT2D eigenvalue weighted by atomic mass is 16.1. The van der Waals surface area contributed by atoms with E-state index in [0.717, 1.165) is 11.3 Å². The lowest BCUT2D eigenvalue weighted by molar-refractivity contribution is 0.104. The highest BCUT2D eigenvalue weighted by Crippen LogP contribution is 2.03. The second-order valence-electron chi connectivity index (χ2n) is 4.27. The fraction of sp³-hybridized carbons (Fsp3) is 0.125. The van der Waals surface area contributed by atoms with Crippen molar-refractivity contribution in [2.24, 2.45) is 0 Å². The third-order valence-corrected chi connectivity index (χ3v) is 2.70. The van der Waals surface area contributed by atoms with Crippen LogP contribution in [0.2, 0.25) is 0 Å². The van der Waals surface area contributed by atoms with Gasteiger partial charge in [-0.1, -0.05) is 36.4 Å². The molecule has 1 aromatic carbocycles. The Balaban J connectivity index is 1.94. The monoisotopic (exact) mass is 252 g/mol. The molecule has 0 aliphatic carbocycles. The number of pyridine rings is 1. The molecule has 0 bridgehead atoms. The Bertz CT molecular complexity index is 562. The average molecular weight is 252 g/mol. The number of nitrogens with one attached hydrogen (secondary N) is 1. The van der Waals surface area contributed by atoms with Gasteiger partial charge in [0.05, 0.1) is 0 Å². The van der Waals surface area contributed by atoms with Crippen molar-refractivity contribution in [3.63, 3.8) is 0 Å². The largest absolute Gasteiger partial charge is 0.384 e. The van der Waals surface area contributed by atoms with E-state index < -0.39 is 0 Å². The van der Waals surface area contributed by atoms with E-state index in [2.05, 4.69) is 10.3 Å². The van der Waals surface area contributed by atoms with Gasteiger partial charge in [-0.05, 0) is 18.6 Å². The van der Waals surface area contributed by atoms with Crippen LogP contribution in [0.5, 0.6) is 0 Å². The average Bonchev–Trinajstić information content (AvgIpc) is 2.47. The molecule has 1 heterocycles. The van der Waals surface area contributed by atoms with Crippen molar-refractivity contribution in [1.82, 2.24) is 10.3 Å². The second kappa shape index (κ2) is 6.50. The predicted molar refractivity (Wildman–Crippen MR) is 75.6 cm³/mol. The number of carbonyl (C=O) groups excluding carboxylic acids is 1. The minimum atomic E-state index is 0.0109. The molecule has 3 heteroatoms. The van der Waals surface area contributed by atoms with Gasteiger partial charge in [0.25, 0.3) is 0 Å². The van der Waals surface area contributed by atoms with Crippen LogP contribution in [0, 0.1) is 0 Å². The van der Waals surface area contributed by atoms with Crippen molar-refractivity contribution in [1.29, 1.82) is 0 Å². The van der Waals surface area contributed by atoms with E-state index in [0.29, 0.717) is 12.1 Å². The van der Waals surface area contributed by atoms with E-state index in [1.54, 1.807) is 18.5 Å². The van der Waals surface area contributed by atoms with Crippen molar-refractivity contribution in [3.05, 3.63) is 77.8 Å². The van der Waals surface area contributed by atoms with Gasteiger partial charge >= 0.3 is 0 Å². The summed E-state index contributed by atoms with van der Waals surface area (Å²) in [4.78, 5) is 16.0. The molecule has 0 radical (unpaired) electrons. The van der Waals surface area contributed by atoms with Gasteiger partial charge in [0.2, 0.25) is 0 Å². The summed E-state index contributed by atoms with van der Waals surface area (Å²) in [5.74, 6) is 0.0109. The summed E-state index contributed by atoms with van der Waals surface area (Å²) >= 11 is 0. The van der Waals surface area contributed by atoms with Gasteiger partial charge in [-0.2, -0.15) is 0 Å². The minimum absolute atomic E-state index is 0.0109. The van der Waals surface area contributed by atoms with Gasteiger partial charge in [-0.15, -0.1) is 0 Å². The second-order valence-corrected chi connectivity index (χ2v) is 4.27.